The molecule has 0 aromatic heterocycles. The molecule has 0 saturated carbocycles. The van der Waals surface area contributed by atoms with Gasteiger partial charge in [0.15, 0.2) is 0 Å². The molecule has 1 amide bonds. The largest absolute Gasteiger partial charge is 0.444 e. The van der Waals surface area contributed by atoms with Crippen molar-refractivity contribution in [1.29, 1.82) is 0 Å². The Morgan fingerprint density at radius 3 is 2.82 bits per heavy atom. The van der Waals surface area contributed by atoms with Crippen LogP contribution in [0.15, 0.2) is 12.2 Å². The maximum absolute atomic E-state index is 11.9. The predicted molar refractivity (Wildman–Crippen MR) is 64.6 cm³/mol. The van der Waals surface area contributed by atoms with Gasteiger partial charge in [0.05, 0.1) is 6.61 Å². The summed E-state index contributed by atoms with van der Waals surface area (Å²) < 4.78 is 5.36. The highest BCUT2D eigenvalue weighted by Crippen LogP contribution is 2.44. The molecule has 2 atom stereocenters. The van der Waals surface area contributed by atoms with Gasteiger partial charge in [-0.1, -0.05) is 12.2 Å². The normalized spacial score (nSPS) is 31.8. The maximum Gasteiger partial charge on any atom is 0.410 e. The smallest absolute Gasteiger partial charge is 0.410 e. The van der Waals surface area contributed by atoms with E-state index in [4.69, 9.17) is 4.74 Å². The molecule has 2 rings (SSSR count). The van der Waals surface area contributed by atoms with Crippen LogP contribution in [0.2, 0.25) is 0 Å². The van der Waals surface area contributed by atoms with Crippen molar-refractivity contribution in [3.8, 4) is 0 Å². The minimum Gasteiger partial charge on any atom is -0.444 e. The number of carbonyl (C=O) groups is 1. The Balaban J connectivity index is 2.02. The topological polar surface area (TPSA) is 49.8 Å². The molecule has 96 valence electrons. The lowest BCUT2D eigenvalue weighted by Gasteiger charge is -2.27. The Bertz CT molecular complexity index is 345. The minimum absolute atomic E-state index is 0.129. The van der Waals surface area contributed by atoms with Crippen LogP contribution in [0.25, 0.3) is 0 Å². The van der Waals surface area contributed by atoms with Crippen LogP contribution in [0, 0.1) is 11.3 Å². The molecule has 17 heavy (non-hydrogen) atoms. The molecule has 1 aliphatic heterocycles. The fourth-order valence-electron chi connectivity index (χ4n) is 2.64. The highest BCUT2D eigenvalue weighted by Gasteiger charge is 2.48. The molecule has 4 nitrogen and oxygen atoms in total. The van der Waals surface area contributed by atoms with Crippen LogP contribution in [0.3, 0.4) is 0 Å². The zero-order chi connectivity index (χ0) is 12.7. The highest BCUT2D eigenvalue weighted by molar-refractivity contribution is 5.69. The first-order valence-electron chi connectivity index (χ1n) is 6.12. The zero-order valence-electron chi connectivity index (χ0n) is 10.8. The number of nitrogens with zero attached hydrogens (tertiary/aromatic N) is 1. The summed E-state index contributed by atoms with van der Waals surface area (Å²) in [5.41, 5.74) is -0.617. The average Bonchev–Trinajstić information content (AvgIpc) is 2.70. The van der Waals surface area contributed by atoms with E-state index in [1.54, 1.807) is 4.90 Å². The summed E-state index contributed by atoms with van der Waals surface area (Å²) in [7, 11) is 0. The van der Waals surface area contributed by atoms with E-state index >= 15 is 0 Å². The molecule has 0 bridgehead atoms. The molecule has 1 aliphatic carbocycles. The molecule has 1 fully saturated rings. The van der Waals surface area contributed by atoms with E-state index in [0.717, 1.165) is 6.42 Å². The van der Waals surface area contributed by atoms with E-state index < -0.39 is 5.60 Å². The Hall–Kier alpha value is -1.03. The molecule has 0 aromatic rings. The van der Waals surface area contributed by atoms with Crippen molar-refractivity contribution in [3.05, 3.63) is 12.2 Å². The fraction of sp³-hybridized carbons (Fsp3) is 0.769. The zero-order valence-corrected chi connectivity index (χ0v) is 10.8. The third kappa shape index (κ3) is 2.32. The molecular weight excluding hydrogens is 218 g/mol. The van der Waals surface area contributed by atoms with Crippen molar-refractivity contribution < 1.29 is 14.6 Å². The van der Waals surface area contributed by atoms with Gasteiger partial charge in [0.2, 0.25) is 0 Å². The molecule has 1 heterocycles. The second-order valence-corrected chi connectivity index (χ2v) is 6.12. The van der Waals surface area contributed by atoms with Gasteiger partial charge in [0, 0.05) is 24.4 Å². The van der Waals surface area contributed by atoms with Crippen LogP contribution >= 0.6 is 0 Å². The molecular formula is C13H21NO3. The minimum atomic E-state index is -0.461. The summed E-state index contributed by atoms with van der Waals surface area (Å²) in [6.45, 7) is 6.97. The lowest BCUT2D eigenvalue weighted by molar-refractivity contribution is 0.0256. The van der Waals surface area contributed by atoms with Crippen LogP contribution in [0.4, 0.5) is 4.79 Å². The van der Waals surface area contributed by atoms with Gasteiger partial charge in [-0.25, -0.2) is 4.79 Å². The van der Waals surface area contributed by atoms with E-state index in [2.05, 4.69) is 12.2 Å². The van der Waals surface area contributed by atoms with Gasteiger partial charge < -0.3 is 14.7 Å². The number of rotatable bonds is 1. The lowest BCUT2D eigenvalue weighted by Crippen LogP contribution is -2.37. The number of aliphatic hydroxyl groups is 1. The number of ether oxygens (including phenoxy) is 1. The van der Waals surface area contributed by atoms with Gasteiger partial charge in [-0.15, -0.1) is 0 Å². The van der Waals surface area contributed by atoms with Gasteiger partial charge in [-0.2, -0.15) is 0 Å². The Morgan fingerprint density at radius 1 is 1.59 bits per heavy atom. The second-order valence-electron chi connectivity index (χ2n) is 6.12. The number of fused-ring (bicyclic) bond motifs is 1. The van der Waals surface area contributed by atoms with Gasteiger partial charge >= 0.3 is 6.09 Å². The SMILES string of the molecule is CC(C)(C)OC(=O)N1CC2C=CCC2(CO)C1. The molecule has 0 aromatic carbocycles. The molecule has 1 saturated heterocycles. The Kier molecular flexibility index (Phi) is 2.94. The van der Waals surface area contributed by atoms with E-state index in [-0.39, 0.29) is 24.0 Å². The number of amides is 1. The average molecular weight is 239 g/mol. The quantitative estimate of drug-likeness (QED) is 0.710. The third-order valence-corrected chi connectivity index (χ3v) is 3.57. The predicted octanol–water partition coefficient (Wildman–Crippen LogP) is 1.79. The van der Waals surface area contributed by atoms with Crippen LogP contribution in [0.1, 0.15) is 27.2 Å². The summed E-state index contributed by atoms with van der Waals surface area (Å²) in [6.07, 6.45) is 4.80. The number of allylic oxidation sites excluding steroid dienone is 1. The van der Waals surface area contributed by atoms with E-state index in [0.29, 0.717) is 13.1 Å². The standard InChI is InChI=1S/C13H21NO3/c1-12(2,3)17-11(16)14-7-10-5-4-6-13(10,8-14)9-15/h4-5,10,15H,6-9H2,1-3H3. The Labute approximate surface area is 102 Å². The summed E-state index contributed by atoms with van der Waals surface area (Å²) >= 11 is 0. The summed E-state index contributed by atoms with van der Waals surface area (Å²) in [6, 6.07) is 0. The first kappa shape index (κ1) is 12.4. The maximum atomic E-state index is 11.9. The molecule has 1 N–H and O–H groups in total. The van der Waals surface area contributed by atoms with Gasteiger partial charge in [0.1, 0.15) is 5.60 Å². The van der Waals surface area contributed by atoms with Crippen LogP contribution in [0.5, 0.6) is 0 Å². The Morgan fingerprint density at radius 2 is 2.29 bits per heavy atom. The number of aliphatic hydroxyl groups excluding tert-OH is 1. The van der Waals surface area contributed by atoms with E-state index in [1.165, 1.54) is 0 Å². The first-order chi connectivity index (χ1) is 7.86. The van der Waals surface area contributed by atoms with Crippen molar-refractivity contribution in [2.75, 3.05) is 19.7 Å². The summed E-state index contributed by atoms with van der Waals surface area (Å²) in [4.78, 5) is 13.7. The van der Waals surface area contributed by atoms with Crippen molar-refractivity contribution in [2.45, 2.75) is 32.8 Å². The monoisotopic (exact) mass is 239 g/mol. The van der Waals surface area contributed by atoms with E-state index in [1.807, 2.05) is 20.8 Å². The molecule has 0 spiro atoms. The van der Waals surface area contributed by atoms with Crippen LogP contribution in [-0.4, -0.2) is 41.4 Å². The summed E-state index contributed by atoms with van der Waals surface area (Å²) in [5.74, 6) is 0.278. The number of hydrogen-bond donors (Lipinski definition) is 1. The fourth-order valence-corrected chi connectivity index (χ4v) is 2.64. The van der Waals surface area contributed by atoms with Crippen LogP contribution in [-0.2, 0) is 4.74 Å². The van der Waals surface area contributed by atoms with E-state index in [9.17, 15) is 9.90 Å². The van der Waals surface area contributed by atoms with Gasteiger partial charge in [-0.05, 0) is 27.2 Å². The van der Waals surface area contributed by atoms with Crippen molar-refractivity contribution in [3.63, 3.8) is 0 Å². The second kappa shape index (κ2) is 4.02. The highest BCUT2D eigenvalue weighted by atomic mass is 16.6. The molecule has 2 aliphatic rings. The van der Waals surface area contributed by atoms with Crippen LogP contribution < -0.4 is 0 Å². The number of likely N-dealkylation sites (tertiary alicyclic amines) is 1. The van der Waals surface area contributed by atoms with Gasteiger partial charge in [-0.3, -0.25) is 0 Å². The summed E-state index contributed by atoms with van der Waals surface area (Å²) in [5, 5.41) is 9.54. The molecule has 0 radical (unpaired) electrons. The lowest BCUT2D eigenvalue weighted by atomic mass is 9.81. The van der Waals surface area contributed by atoms with Crippen molar-refractivity contribution in [1.82, 2.24) is 4.90 Å². The molecule has 4 heteroatoms. The van der Waals surface area contributed by atoms with Gasteiger partial charge in [0.25, 0.3) is 0 Å². The van der Waals surface area contributed by atoms with Crippen molar-refractivity contribution >= 4 is 6.09 Å². The third-order valence-electron chi connectivity index (χ3n) is 3.57. The number of carbonyl (C=O) groups excluding carboxylic acids is 1. The number of hydrogen-bond acceptors (Lipinski definition) is 3. The molecule has 2 unspecified atom stereocenters. The first-order valence-corrected chi connectivity index (χ1v) is 6.12. The van der Waals surface area contributed by atoms with Crippen molar-refractivity contribution in [2.24, 2.45) is 11.3 Å².